The highest BCUT2D eigenvalue weighted by molar-refractivity contribution is 7.13. The Balaban J connectivity index is 1.65. The molecule has 0 amide bonds. The second kappa shape index (κ2) is 6.96. The van der Waals surface area contributed by atoms with Gasteiger partial charge in [0.1, 0.15) is 10.6 Å². The van der Waals surface area contributed by atoms with Gasteiger partial charge in [0.15, 0.2) is 0 Å². The zero-order valence-electron chi connectivity index (χ0n) is 16.3. The van der Waals surface area contributed by atoms with Gasteiger partial charge < -0.3 is 4.42 Å². The van der Waals surface area contributed by atoms with Crippen LogP contribution in [0.25, 0.3) is 38.5 Å². The largest absolute Gasteiger partial charge is 0.422 e. The van der Waals surface area contributed by atoms with Gasteiger partial charge in [-0.15, -0.1) is 11.3 Å². The predicted octanol–water partition coefficient (Wildman–Crippen LogP) is 4.38. The number of hydrogen-bond donors (Lipinski definition) is 0. The Kier molecular flexibility index (Phi) is 4.25. The van der Waals surface area contributed by atoms with Crippen LogP contribution < -0.4 is 11.2 Å². The lowest BCUT2D eigenvalue weighted by Crippen LogP contribution is -2.20. The quantitative estimate of drug-likeness (QED) is 0.410. The van der Waals surface area contributed by atoms with Gasteiger partial charge in [-0.05, 0) is 31.2 Å². The van der Waals surface area contributed by atoms with Crippen LogP contribution in [0, 0.1) is 6.92 Å². The fourth-order valence-electron chi connectivity index (χ4n) is 3.59. The van der Waals surface area contributed by atoms with E-state index in [9.17, 15) is 9.59 Å². The van der Waals surface area contributed by atoms with Gasteiger partial charge >= 0.3 is 5.63 Å². The molecule has 30 heavy (non-hydrogen) atoms. The van der Waals surface area contributed by atoms with E-state index in [0.717, 1.165) is 16.8 Å². The van der Waals surface area contributed by atoms with Gasteiger partial charge in [-0.1, -0.05) is 36.4 Å². The topological polar surface area (TPSA) is 70.0 Å². The first kappa shape index (κ1) is 18.3. The Morgan fingerprint density at radius 2 is 1.73 bits per heavy atom. The summed E-state index contributed by atoms with van der Waals surface area (Å²) in [5.74, 6) is 0. The second-order valence-corrected chi connectivity index (χ2v) is 7.82. The molecule has 0 unspecified atom stereocenters. The fraction of sp³-hybridized carbons (Fsp3) is 0.0870. The summed E-state index contributed by atoms with van der Waals surface area (Å²) in [5, 5.41) is 3.16. The third kappa shape index (κ3) is 2.83. The van der Waals surface area contributed by atoms with Gasteiger partial charge in [0.2, 0.25) is 0 Å². The number of nitrogens with zero attached hydrogens (tertiary/aromatic N) is 3. The summed E-state index contributed by atoms with van der Waals surface area (Å²) in [6.45, 7) is 1.89. The molecule has 0 aliphatic heterocycles. The first-order valence-electron chi connectivity index (χ1n) is 9.38. The Labute approximate surface area is 175 Å². The van der Waals surface area contributed by atoms with Crippen molar-refractivity contribution < 1.29 is 4.42 Å². The minimum atomic E-state index is -0.443. The molecule has 0 bridgehead atoms. The molecule has 0 atom stereocenters. The highest BCUT2D eigenvalue weighted by Crippen LogP contribution is 2.29. The van der Waals surface area contributed by atoms with E-state index in [1.807, 2.05) is 72.6 Å². The molecular weight excluding hydrogens is 398 g/mol. The molecule has 0 saturated carbocycles. The van der Waals surface area contributed by atoms with Gasteiger partial charge in [0, 0.05) is 23.5 Å². The van der Waals surface area contributed by atoms with Crippen molar-refractivity contribution >= 4 is 22.3 Å². The molecule has 3 heterocycles. The summed E-state index contributed by atoms with van der Waals surface area (Å²) in [5.41, 5.74) is 2.99. The van der Waals surface area contributed by atoms with Crippen molar-refractivity contribution in [3.8, 4) is 27.5 Å². The number of para-hydroxylation sites is 2. The van der Waals surface area contributed by atoms with Crippen molar-refractivity contribution in [2.24, 2.45) is 7.05 Å². The predicted molar refractivity (Wildman–Crippen MR) is 118 cm³/mol. The monoisotopic (exact) mass is 415 g/mol. The first-order chi connectivity index (χ1) is 14.5. The van der Waals surface area contributed by atoms with Gasteiger partial charge in [-0.3, -0.25) is 9.48 Å². The van der Waals surface area contributed by atoms with Gasteiger partial charge in [-0.2, -0.15) is 0 Å². The Morgan fingerprint density at radius 3 is 2.53 bits per heavy atom. The van der Waals surface area contributed by atoms with Crippen LogP contribution in [0.3, 0.4) is 0 Å². The summed E-state index contributed by atoms with van der Waals surface area (Å²) in [6.07, 6.45) is 0. The third-order valence-corrected chi connectivity index (χ3v) is 6.06. The molecule has 0 N–H and O–H groups in total. The van der Waals surface area contributed by atoms with E-state index in [1.54, 1.807) is 16.8 Å². The molecule has 0 aliphatic carbocycles. The first-order valence-corrected chi connectivity index (χ1v) is 10.3. The number of aromatic nitrogens is 3. The number of fused-ring (bicyclic) bond motifs is 1. The Bertz CT molecular complexity index is 1510. The van der Waals surface area contributed by atoms with Crippen LogP contribution in [0.1, 0.15) is 5.69 Å². The smallest absolute Gasteiger partial charge is 0.346 e. The van der Waals surface area contributed by atoms with E-state index < -0.39 is 5.63 Å². The average Bonchev–Trinajstić information content (AvgIpc) is 3.31. The van der Waals surface area contributed by atoms with E-state index in [0.29, 0.717) is 27.4 Å². The maximum Gasteiger partial charge on any atom is 0.346 e. The van der Waals surface area contributed by atoms with Crippen LogP contribution in [0.2, 0.25) is 0 Å². The van der Waals surface area contributed by atoms with Crippen LogP contribution >= 0.6 is 11.3 Å². The minimum absolute atomic E-state index is 0.149. The molecular formula is C23H17N3O3S. The van der Waals surface area contributed by atoms with Crippen molar-refractivity contribution in [2.45, 2.75) is 6.92 Å². The molecule has 0 fully saturated rings. The third-order valence-electron chi connectivity index (χ3n) is 5.19. The average molecular weight is 415 g/mol. The fourth-order valence-corrected chi connectivity index (χ4v) is 4.40. The van der Waals surface area contributed by atoms with Crippen molar-refractivity contribution in [1.82, 2.24) is 14.3 Å². The number of benzene rings is 2. The molecule has 5 rings (SSSR count). The van der Waals surface area contributed by atoms with Crippen molar-refractivity contribution in [3.05, 3.63) is 92.5 Å². The van der Waals surface area contributed by atoms with Crippen LogP contribution in [0.15, 0.2) is 80.0 Å². The van der Waals surface area contributed by atoms with E-state index in [2.05, 4.69) is 4.98 Å². The standard InChI is InChI=1S/C23H17N3O3S/c1-14-20(22(27)26(25(14)2)16-9-4-3-5-10-16)18-13-30-21(24-18)17-12-15-8-6-7-11-19(15)29-23(17)28/h3-13H,1-2H3. The van der Waals surface area contributed by atoms with Crippen LogP contribution in [0.4, 0.5) is 0 Å². The molecule has 5 aromatic rings. The van der Waals surface area contributed by atoms with Crippen molar-refractivity contribution in [2.75, 3.05) is 0 Å². The number of thiazole rings is 1. The summed E-state index contributed by atoms with van der Waals surface area (Å²) >= 11 is 1.32. The second-order valence-electron chi connectivity index (χ2n) is 6.96. The zero-order valence-corrected chi connectivity index (χ0v) is 17.1. The molecule has 2 aromatic carbocycles. The molecule has 6 nitrogen and oxygen atoms in total. The molecule has 0 saturated heterocycles. The normalized spacial score (nSPS) is 11.3. The minimum Gasteiger partial charge on any atom is -0.422 e. The maximum absolute atomic E-state index is 13.2. The van der Waals surface area contributed by atoms with Crippen molar-refractivity contribution in [1.29, 1.82) is 0 Å². The Morgan fingerprint density at radius 1 is 1.00 bits per heavy atom. The Hall–Kier alpha value is -3.71. The lowest BCUT2D eigenvalue weighted by Gasteiger charge is -2.07. The summed E-state index contributed by atoms with van der Waals surface area (Å²) < 4.78 is 8.87. The summed E-state index contributed by atoms with van der Waals surface area (Å²) in [7, 11) is 1.85. The summed E-state index contributed by atoms with van der Waals surface area (Å²) in [6, 6.07) is 18.6. The maximum atomic E-state index is 13.2. The zero-order chi connectivity index (χ0) is 20.8. The van der Waals surface area contributed by atoms with Gasteiger partial charge in [0.25, 0.3) is 5.56 Å². The highest BCUT2D eigenvalue weighted by atomic mass is 32.1. The van der Waals surface area contributed by atoms with Crippen molar-refractivity contribution in [3.63, 3.8) is 0 Å². The van der Waals surface area contributed by atoms with E-state index in [4.69, 9.17) is 4.42 Å². The molecule has 0 spiro atoms. The van der Waals surface area contributed by atoms with Gasteiger partial charge in [0.05, 0.1) is 22.5 Å². The molecule has 7 heteroatoms. The molecule has 0 radical (unpaired) electrons. The molecule has 148 valence electrons. The lowest BCUT2D eigenvalue weighted by molar-refractivity contribution is 0.563. The van der Waals surface area contributed by atoms with E-state index in [-0.39, 0.29) is 5.56 Å². The molecule has 0 aliphatic rings. The van der Waals surface area contributed by atoms with E-state index >= 15 is 0 Å². The van der Waals surface area contributed by atoms with Gasteiger partial charge in [-0.25, -0.2) is 14.5 Å². The number of rotatable bonds is 3. The van der Waals surface area contributed by atoms with Crippen LogP contribution in [-0.4, -0.2) is 14.3 Å². The number of hydrogen-bond acceptors (Lipinski definition) is 5. The summed E-state index contributed by atoms with van der Waals surface area (Å²) in [4.78, 5) is 30.3. The van der Waals surface area contributed by atoms with E-state index in [1.165, 1.54) is 11.3 Å². The lowest BCUT2D eigenvalue weighted by atomic mass is 10.2. The van der Waals surface area contributed by atoms with Crippen LogP contribution in [-0.2, 0) is 7.05 Å². The molecule has 3 aromatic heterocycles. The van der Waals surface area contributed by atoms with Crippen LogP contribution in [0.5, 0.6) is 0 Å². The SMILES string of the molecule is Cc1c(-c2csc(-c3cc4ccccc4oc3=O)n2)c(=O)n(-c2ccccc2)n1C. The highest BCUT2D eigenvalue weighted by Gasteiger charge is 2.21.